The third kappa shape index (κ3) is 15.1. The third-order valence-corrected chi connectivity index (χ3v) is 3.00. The minimum absolute atomic E-state index is 0.0957. The van der Waals surface area contributed by atoms with Crippen molar-refractivity contribution in [2.45, 2.75) is 39.0 Å². The van der Waals surface area contributed by atoms with Gasteiger partial charge in [-0.2, -0.15) is 0 Å². The first-order valence-corrected chi connectivity index (χ1v) is 7.76. The van der Waals surface area contributed by atoms with Gasteiger partial charge in [0.25, 0.3) is 0 Å². The van der Waals surface area contributed by atoms with Gasteiger partial charge in [-0.3, -0.25) is 0 Å². The van der Waals surface area contributed by atoms with E-state index in [1.807, 2.05) is 24.3 Å². The molecule has 0 saturated carbocycles. The summed E-state index contributed by atoms with van der Waals surface area (Å²) >= 11 is 0. The summed E-state index contributed by atoms with van der Waals surface area (Å²) in [6.45, 7) is 2.10. The minimum Gasteiger partial charge on any atom is -0.229 e. The Kier molecular flexibility index (Phi) is 9.77. The second-order valence-electron chi connectivity index (χ2n) is 3.87. The van der Waals surface area contributed by atoms with Crippen LogP contribution in [0, 0.1) is 0 Å². The molecule has 17 heavy (non-hydrogen) atoms. The normalized spacial score (nSPS) is 13.3. The van der Waals surface area contributed by atoms with Crippen molar-refractivity contribution < 1.29 is 8.42 Å². The van der Waals surface area contributed by atoms with Crippen LogP contribution in [0.3, 0.4) is 0 Å². The first-order valence-electron chi connectivity index (χ1n) is 6.05. The van der Waals surface area contributed by atoms with E-state index in [9.17, 15) is 8.42 Å². The van der Waals surface area contributed by atoms with E-state index in [0.29, 0.717) is 6.42 Å². The lowest BCUT2D eigenvalue weighted by Crippen LogP contribution is -2.16. The van der Waals surface area contributed by atoms with Crippen LogP contribution in [0.1, 0.15) is 39.0 Å². The number of unbranched alkanes of at least 4 members (excludes halogenated alkanes) is 3. The summed E-state index contributed by atoms with van der Waals surface area (Å²) in [5.41, 5.74) is 0. The Labute approximate surface area is 105 Å². The molecule has 0 saturated heterocycles. The van der Waals surface area contributed by atoms with E-state index < -0.39 is 10.0 Å². The molecule has 0 aromatic rings. The van der Waals surface area contributed by atoms with Crippen LogP contribution in [0.2, 0.25) is 0 Å². The van der Waals surface area contributed by atoms with E-state index in [2.05, 4.69) is 19.1 Å². The number of allylic oxidation sites excluding steroid dienone is 6. The van der Waals surface area contributed by atoms with Gasteiger partial charge in [0, 0.05) is 0 Å². The molecule has 0 aliphatic heterocycles. The molecule has 98 valence electrons. The molecule has 3 nitrogen and oxygen atoms in total. The summed E-state index contributed by atoms with van der Waals surface area (Å²) in [7, 11) is -3.27. The molecule has 0 amide bonds. The van der Waals surface area contributed by atoms with Crippen LogP contribution < -0.4 is 5.14 Å². The second-order valence-corrected chi connectivity index (χ2v) is 5.60. The van der Waals surface area contributed by atoms with Crippen LogP contribution in [0.5, 0.6) is 0 Å². The Morgan fingerprint density at radius 3 is 2.18 bits per heavy atom. The van der Waals surface area contributed by atoms with E-state index in [-0.39, 0.29) is 5.75 Å². The molecule has 0 radical (unpaired) electrons. The third-order valence-electron chi connectivity index (χ3n) is 2.14. The largest absolute Gasteiger partial charge is 0.229 e. The van der Waals surface area contributed by atoms with Gasteiger partial charge in [0.2, 0.25) is 10.0 Å². The number of hydrogen-bond acceptors (Lipinski definition) is 2. The van der Waals surface area contributed by atoms with Crippen LogP contribution >= 0.6 is 0 Å². The van der Waals surface area contributed by atoms with Crippen molar-refractivity contribution >= 4 is 10.0 Å². The highest BCUT2D eigenvalue weighted by atomic mass is 32.2. The highest BCUT2D eigenvalue weighted by Gasteiger charge is 2.00. The Balaban J connectivity index is 3.42. The summed E-state index contributed by atoms with van der Waals surface area (Å²) in [6, 6.07) is 0. The Morgan fingerprint density at radius 1 is 0.941 bits per heavy atom. The molecule has 0 spiro atoms. The zero-order chi connectivity index (χ0) is 13.0. The summed E-state index contributed by atoms with van der Waals surface area (Å²) < 4.78 is 21.3. The van der Waals surface area contributed by atoms with Crippen molar-refractivity contribution in [2.24, 2.45) is 5.14 Å². The van der Waals surface area contributed by atoms with Gasteiger partial charge in [-0.15, -0.1) is 0 Å². The van der Waals surface area contributed by atoms with Crippen molar-refractivity contribution in [3.63, 3.8) is 0 Å². The lowest BCUT2D eigenvalue weighted by molar-refractivity contribution is 0.591. The average molecular weight is 257 g/mol. The fourth-order valence-corrected chi connectivity index (χ4v) is 1.87. The summed E-state index contributed by atoms with van der Waals surface area (Å²) in [5, 5.41) is 4.90. The zero-order valence-corrected chi connectivity index (χ0v) is 11.3. The van der Waals surface area contributed by atoms with Crippen molar-refractivity contribution in [1.29, 1.82) is 0 Å². The SMILES string of the molecule is CCC=CC=CC=CCCCCCS(N)(=O)=O. The fraction of sp³-hybridized carbons (Fsp3) is 0.538. The van der Waals surface area contributed by atoms with E-state index in [1.54, 1.807) is 0 Å². The Bertz CT molecular complexity index is 354. The van der Waals surface area contributed by atoms with Crippen molar-refractivity contribution in [3.8, 4) is 0 Å². The molecule has 0 aliphatic carbocycles. The van der Waals surface area contributed by atoms with Gasteiger partial charge < -0.3 is 0 Å². The zero-order valence-electron chi connectivity index (χ0n) is 10.5. The fourth-order valence-electron chi connectivity index (χ4n) is 1.26. The van der Waals surface area contributed by atoms with Gasteiger partial charge >= 0.3 is 0 Å². The number of sulfonamides is 1. The van der Waals surface area contributed by atoms with Crippen LogP contribution in [-0.2, 0) is 10.0 Å². The van der Waals surface area contributed by atoms with E-state index in [1.165, 1.54) is 0 Å². The number of rotatable bonds is 9. The monoisotopic (exact) mass is 257 g/mol. The maximum absolute atomic E-state index is 10.6. The molecular formula is C13H23NO2S. The maximum atomic E-state index is 10.6. The number of nitrogens with two attached hydrogens (primary N) is 1. The van der Waals surface area contributed by atoms with Crippen molar-refractivity contribution in [3.05, 3.63) is 36.5 Å². The van der Waals surface area contributed by atoms with Gasteiger partial charge in [0.05, 0.1) is 5.75 Å². The number of hydrogen-bond donors (Lipinski definition) is 1. The molecule has 0 aliphatic rings. The standard InChI is InChI=1S/C13H23NO2S/c1-2-3-4-5-6-7-8-9-10-11-12-13-17(14,15)16/h3-8H,2,9-13H2,1H3,(H2,14,15,16). The first-order chi connectivity index (χ1) is 8.06. The second kappa shape index (κ2) is 10.3. The molecule has 0 heterocycles. The molecule has 0 unspecified atom stereocenters. The predicted octanol–water partition coefficient (Wildman–Crippen LogP) is 2.91. The van der Waals surface area contributed by atoms with E-state index in [4.69, 9.17) is 5.14 Å². The minimum atomic E-state index is -3.27. The summed E-state index contributed by atoms with van der Waals surface area (Å²) in [5.74, 6) is 0.0957. The lowest BCUT2D eigenvalue weighted by atomic mass is 10.2. The topological polar surface area (TPSA) is 60.2 Å². The molecule has 0 rings (SSSR count). The Hall–Kier alpha value is -0.870. The van der Waals surface area contributed by atoms with Gasteiger partial charge in [-0.05, 0) is 25.7 Å². The maximum Gasteiger partial charge on any atom is 0.209 e. The van der Waals surface area contributed by atoms with E-state index in [0.717, 1.165) is 25.7 Å². The summed E-state index contributed by atoms with van der Waals surface area (Å²) in [4.78, 5) is 0. The number of primary sulfonamides is 1. The predicted molar refractivity (Wildman–Crippen MR) is 74.2 cm³/mol. The quantitative estimate of drug-likeness (QED) is 0.510. The highest BCUT2D eigenvalue weighted by molar-refractivity contribution is 7.89. The van der Waals surface area contributed by atoms with Gasteiger partial charge in [0.15, 0.2) is 0 Å². The van der Waals surface area contributed by atoms with Crippen LogP contribution in [0.4, 0.5) is 0 Å². The average Bonchev–Trinajstić information content (AvgIpc) is 2.24. The molecule has 4 heteroatoms. The molecule has 0 aromatic carbocycles. The van der Waals surface area contributed by atoms with Crippen molar-refractivity contribution in [1.82, 2.24) is 0 Å². The summed E-state index contributed by atoms with van der Waals surface area (Å²) in [6.07, 6.45) is 16.8. The van der Waals surface area contributed by atoms with Crippen LogP contribution in [0.25, 0.3) is 0 Å². The van der Waals surface area contributed by atoms with Gasteiger partial charge in [-0.25, -0.2) is 13.6 Å². The lowest BCUT2D eigenvalue weighted by Gasteiger charge is -1.96. The highest BCUT2D eigenvalue weighted by Crippen LogP contribution is 2.02. The first kappa shape index (κ1) is 16.1. The molecule has 0 fully saturated rings. The van der Waals surface area contributed by atoms with Crippen molar-refractivity contribution in [2.75, 3.05) is 5.75 Å². The smallest absolute Gasteiger partial charge is 0.209 e. The van der Waals surface area contributed by atoms with E-state index >= 15 is 0 Å². The molecule has 2 N–H and O–H groups in total. The van der Waals surface area contributed by atoms with Crippen LogP contribution in [0.15, 0.2) is 36.5 Å². The van der Waals surface area contributed by atoms with Gasteiger partial charge in [-0.1, -0.05) is 49.8 Å². The molecule has 0 aromatic heterocycles. The molecular weight excluding hydrogens is 234 g/mol. The van der Waals surface area contributed by atoms with Gasteiger partial charge in [0.1, 0.15) is 0 Å². The molecule has 0 bridgehead atoms. The van der Waals surface area contributed by atoms with Crippen LogP contribution in [-0.4, -0.2) is 14.2 Å². The molecule has 0 atom stereocenters. The Morgan fingerprint density at radius 2 is 1.59 bits per heavy atom.